The second-order valence-electron chi connectivity index (χ2n) is 3.66. The van der Waals surface area contributed by atoms with Gasteiger partial charge in [-0.05, 0) is 54.8 Å². The zero-order valence-corrected chi connectivity index (χ0v) is 11.3. The van der Waals surface area contributed by atoms with Gasteiger partial charge in [-0.2, -0.15) is 0 Å². The van der Waals surface area contributed by atoms with Crippen molar-refractivity contribution in [3.8, 4) is 11.1 Å². The van der Waals surface area contributed by atoms with E-state index in [1.54, 1.807) is 12.4 Å². The molecular weight excluding hydrogens is 278 g/mol. The van der Waals surface area contributed by atoms with Crippen molar-refractivity contribution in [1.82, 2.24) is 9.97 Å². The summed E-state index contributed by atoms with van der Waals surface area (Å²) in [6.45, 7) is 0.709. The topological polar surface area (TPSA) is 51.8 Å². The average Bonchev–Trinajstić information content (AvgIpc) is 2.38. The number of halogens is 1. The quantitative estimate of drug-likeness (QED) is 0.943. The fraction of sp³-hybridized carbons (Fsp3) is 0.231. The molecule has 0 saturated heterocycles. The molecule has 0 aromatic carbocycles. The van der Waals surface area contributed by atoms with Crippen molar-refractivity contribution in [3.63, 3.8) is 0 Å². The van der Waals surface area contributed by atoms with E-state index >= 15 is 0 Å². The molecule has 4 heteroatoms. The number of aryl methyl sites for hydroxylation is 1. The van der Waals surface area contributed by atoms with Crippen LogP contribution in [0.1, 0.15) is 12.1 Å². The van der Waals surface area contributed by atoms with Gasteiger partial charge < -0.3 is 5.73 Å². The Kier molecular flexibility index (Phi) is 5.80. The zero-order chi connectivity index (χ0) is 11.2. The Bertz CT molecular complexity index is 445. The van der Waals surface area contributed by atoms with Gasteiger partial charge in [-0.25, -0.2) is 0 Å². The molecule has 0 atom stereocenters. The van der Waals surface area contributed by atoms with E-state index < -0.39 is 0 Å². The maximum atomic E-state index is 5.49. The van der Waals surface area contributed by atoms with Gasteiger partial charge in [-0.1, -0.05) is 0 Å². The van der Waals surface area contributed by atoms with Gasteiger partial charge in [0.15, 0.2) is 0 Å². The lowest BCUT2D eigenvalue weighted by molar-refractivity contribution is 0.811. The summed E-state index contributed by atoms with van der Waals surface area (Å²) in [5.74, 6) is 0. The summed E-state index contributed by atoms with van der Waals surface area (Å²) in [5.41, 5.74) is 8.94. The van der Waals surface area contributed by atoms with Crippen LogP contribution in [-0.4, -0.2) is 16.5 Å². The lowest BCUT2D eigenvalue weighted by atomic mass is 10.1. The standard InChI is InChI=1S/C13H15N3.BrH/c14-6-1-2-13-10-12(5-9-16-13)11-3-7-15-8-4-11;/h3-5,7-10H,1-2,6,14H2;1H. The third-order valence-electron chi connectivity index (χ3n) is 2.47. The van der Waals surface area contributed by atoms with Gasteiger partial charge in [-0.3, -0.25) is 9.97 Å². The van der Waals surface area contributed by atoms with Crippen molar-refractivity contribution >= 4 is 17.0 Å². The summed E-state index contributed by atoms with van der Waals surface area (Å²) in [6.07, 6.45) is 7.37. The molecule has 0 fully saturated rings. The number of aromatic nitrogens is 2. The summed E-state index contributed by atoms with van der Waals surface area (Å²) in [5, 5.41) is 0. The maximum Gasteiger partial charge on any atom is 0.0410 e. The van der Waals surface area contributed by atoms with Gasteiger partial charge in [0, 0.05) is 24.3 Å². The molecule has 0 radical (unpaired) electrons. The van der Waals surface area contributed by atoms with Crippen LogP contribution in [0.3, 0.4) is 0 Å². The first kappa shape index (κ1) is 13.8. The molecule has 0 aliphatic heterocycles. The van der Waals surface area contributed by atoms with Crippen molar-refractivity contribution in [3.05, 3.63) is 48.5 Å². The van der Waals surface area contributed by atoms with Gasteiger partial charge in [0.25, 0.3) is 0 Å². The molecule has 0 amide bonds. The fourth-order valence-electron chi connectivity index (χ4n) is 1.62. The van der Waals surface area contributed by atoms with Crippen molar-refractivity contribution in [2.75, 3.05) is 6.54 Å². The van der Waals surface area contributed by atoms with Gasteiger partial charge in [-0.15, -0.1) is 17.0 Å². The Morgan fingerprint density at radius 3 is 2.41 bits per heavy atom. The molecule has 0 aliphatic carbocycles. The van der Waals surface area contributed by atoms with E-state index in [0.717, 1.165) is 18.5 Å². The van der Waals surface area contributed by atoms with E-state index in [0.29, 0.717) is 6.54 Å². The Labute approximate surface area is 112 Å². The average molecular weight is 294 g/mol. The van der Waals surface area contributed by atoms with Crippen LogP contribution in [0.25, 0.3) is 11.1 Å². The summed E-state index contributed by atoms with van der Waals surface area (Å²) in [7, 11) is 0. The third kappa shape index (κ3) is 3.91. The normalized spacial score (nSPS) is 9.71. The largest absolute Gasteiger partial charge is 0.330 e. The smallest absolute Gasteiger partial charge is 0.0410 e. The van der Waals surface area contributed by atoms with Crippen LogP contribution in [0.4, 0.5) is 0 Å². The second kappa shape index (κ2) is 7.14. The molecule has 0 spiro atoms. The van der Waals surface area contributed by atoms with Crippen molar-refractivity contribution in [2.24, 2.45) is 5.73 Å². The Morgan fingerprint density at radius 1 is 1.00 bits per heavy atom. The number of nitrogens with two attached hydrogens (primary N) is 1. The number of hydrogen-bond donors (Lipinski definition) is 1. The molecule has 2 heterocycles. The number of pyridine rings is 2. The number of nitrogens with zero attached hydrogens (tertiary/aromatic N) is 2. The zero-order valence-electron chi connectivity index (χ0n) is 9.54. The molecule has 0 bridgehead atoms. The summed E-state index contributed by atoms with van der Waals surface area (Å²) in [4.78, 5) is 8.34. The van der Waals surface area contributed by atoms with Crippen LogP contribution in [0.2, 0.25) is 0 Å². The van der Waals surface area contributed by atoms with E-state index in [4.69, 9.17) is 5.73 Å². The molecule has 2 aromatic heterocycles. The first-order chi connectivity index (χ1) is 7.90. The first-order valence-electron chi connectivity index (χ1n) is 5.45. The van der Waals surface area contributed by atoms with Crippen molar-refractivity contribution < 1.29 is 0 Å². The molecule has 0 saturated carbocycles. The molecule has 2 rings (SSSR count). The monoisotopic (exact) mass is 293 g/mol. The highest BCUT2D eigenvalue weighted by molar-refractivity contribution is 8.93. The summed E-state index contributed by atoms with van der Waals surface area (Å²) in [6, 6.07) is 8.14. The molecule has 0 unspecified atom stereocenters. The Balaban J connectivity index is 0.00000144. The highest BCUT2D eigenvalue weighted by Crippen LogP contribution is 2.18. The SMILES string of the molecule is Br.NCCCc1cc(-c2ccncc2)ccn1. The Morgan fingerprint density at radius 2 is 1.71 bits per heavy atom. The van der Waals surface area contributed by atoms with E-state index in [9.17, 15) is 0 Å². The minimum Gasteiger partial charge on any atom is -0.330 e. The second-order valence-corrected chi connectivity index (χ2v) is 3.66. The van der Waals surface area contributed by atoms with Crippen molar-refractivity contribution in [1.29, 1.82) is 0 Å². The predicted octanol–water partition coefficient (Wildman–Crippen LogP) is 2.61. The van der Waals surface area contributed by atoms with Crippen LogP contribution in [0.5, 0.6) is 0 Å². The fourth-order valence-corrected chi connectivity index (χ4v) is 1.62. The molecule has 2 N–H and O–H groups in total. The van der Waals surface area contributed by atoms with Crippen molar-refractivity contribution in [2.45, 2.75) is 12.8 Å². The van der Waals surface area contributed by atoms with Crippen LogP contribution in [0, 0.1) is 0 Å². The predicted molar refractivity (Wildman–Crippen MR) is 75.2 cm³/mol. The van der Waals surface area contributed by atoms with Gasteiger partial charge in [0.05, 0.1) is 0 Å². The molecule has 0 aliphatic rings. The van der Waals surface area contributed by atoms with E-state index in [-0.39, 0.29) is 17.0 Å². The number of hydrogen-bond acceptors (Lipinski definition) is 3. The first-order valence-corrected chi connectivity index (χ1v) is 5.45. The highest BCUT2D eigenvalue weighted by atomic mass is 79.9. The highest BCUT2D eigenvalue weighted by Gasteiger charge is 1.99. The van der Waals surface area contributed by atoms with E-state index in [1.165, 1.54) is 11.1 Å². The van der Waals surface area contributed by atoms with E-state index in [1.807, 2.05) is 24.4 Å². The van der Waals surface area contributed by atoms with Crippen LogP contribution in [-0.2, 0) is 6.42 Å². The Hall–Kier alpha value is -1.26. The molecular formula is C13H16BrN3. The summed E-state index contributed by atoms with van der Waals surface area (Å²) >= 11 is 0. The van der Waals surface area contributed by atoms with Crippen LogP contribution < -0.4 is 5.73 Å². The number of rotatable bonds is 4. The van der Waals surface area contributed by atoms with Gasteiger partial charge in [0.2, 0.25) is 0 Å². The lowest BCUT2D eigenvalue weighted by Gasteiger charge is -2.03. The molecule has 3 nitrogen and oxygen atoms in total. The molecule has 2 aromatic rings. The summed E-state index contributed by atoms with van der Waals surface area (Å²) < 4.78 is 0. The minimum absolute atomic E-state index is 0. The van der Waals surface area contributed by atoms with Gasteiger partial charge in [0.1, 0.15) is 0 Å². The maximum absolute atomic E-state index is 5.49. The third-order valence-corrected chi connectivity index (χ3v) is 2.47. The van der Waals surface area contributed by atoms with Gasteiger partial charge >= 0.3 is 0 Å². The van der Waals surface area contributed by atoms with Crippen LogP contribution in [0.15, 0.2) is 42.9 Å². The van der Waals surface area contributed by atoms with E-state index in [2.05, 4.69) is 16.0 Å². The van der Waals surface area contributed by atoms with Crippen LogP contribution >= 0.6 is 17.0 Å². The molecule has 90 valence electrons. The minimum atomic E-state index is 0. The molecule has 17 heavy (non-hydrogen) atoms. The lowest BCUT2D eigenvalue weighted by Crippen LogP contribution is -2.01.